The minimum atomic E-state index is -3.42. The van der Waals surface area contributed by atoms with Gasteiger partial charge in [-0.2, -0.15) is 0 Å². The maximum atomic E-state index is 13.1. The van der Waals surface area contributed by atoms with Crippen LogP contribution < -0.4 is 5.32 Å². The monoisotopic (exact) mass is 356 g/mol. The summed E-state index contributed by atoms with van der Waals surface area (Å²) in [6, 6.07) is 4.04. The van der Waals surface area contributed by atoms with Gasteiger partial charge in [0.05, 0.1) is 10.8 Å². The highest BCUT2D eigenvalue weighted by Crippen LogP contribution is 2.21. The molecule has 0 spiro atoms. The van der Waals surface area contributed by atoms with Crippen molar-refractivity contribution < 1.29 is 12.8 Å². The third-order valence-corrected chi connectivity index (χ3v) is 5.76. The Kier molecular flexibility index (Phi) is 6.87. The van der Waals surface area contributed by atoms with Crippen LogP contribution >= 0.6 is 24.0 Å². The van der Waals surface area contributed by atoms with Crippen LogP contribution in [0, 0.1) is 5.82 Å². The van der Waals surface area contributed by atoms with E-state index in [9.17, 15) is 12.8 Å². The topological polar surface area (TPSA) is 49.4 Å². The fourth-order valence-corrected chi connectivity index (χ4v) is 4.01. The average molecular weight is 357 g/mol. The minimum Gasteiger partial charge on any atom is -0.317 e. The molecule has 1 aliphatic rings. The molecule has 1 aromatic carbocycles. The number of nitrogens with zero attached hydrogens (tertiary/aromatic N) is 1. The summed E-state index contributed by atoms with van der Waals surface area (Å²) in [6.45, 7) is 1.65. The Balaban J connectivity index is 0.00000220. The Hall–Kier alpha value is -0.400. The Morgan fingerprint density at radius 2 is 2.00 bits per heavy atom. The molecule has 1 aliphatic heterocycles. The lowest BCUT2D eigenvalue weighted by atomic mass is 10.1. The number of benzene rings is 1. The molecule has 0 atom stereocenters. The molecule has 1 fully saturated rings. The van der Waals surface area contributed by atoms with Crippen LogP contribution in [0.4, 0.5) is 4.39 Å². The van der Waals surface area contributed by atoms with Crippen LogP contribution in [0.15, 0.2) is 18.2 Å². The van der Waals surface area contributed by atoms with E-state index in [4.69, 9.17) is 11.6 Å². The van der Waals surface area contributed by atoms with Crippen molar-refractivity contribution >= 4 is 34.0 Å². The highest BCUT2D eigenvalue weighted by molar-refractivity contribution is 7.88. The van der Waals surface area contributed by atoms with Crippen molar-refractivity contribution in [1.29, 1.82) is 0 Å². The number of hydrogen-bond donors (Lipinski definition) is 1. The average Bonchev–Trinajstić information content (AvgIpc) is 2.43. The summed E-state index contributed by atoms with van der Waals surface area (Å²) in [7, 11) is -1.81. The van der Waals surface area contributed by atoms with E-state index in [0.29, 0.717) is 5.56 Å². The van der Waals surface area contributed by atoms with Gasteiger partial charge in [-0.1, -0.05) is 17.7 Å². The SMILES string of the molecule is CN(C1CCNCC1)S(=O)(=O)Cc1ccc(F)c(Cl)c1.Cl. The second kappa shape index (κ2) is 7.74. The summed E-state index contributed by atoms with van der Waals surface area (Å²) < 4.78 is 39.2. The summed E-state index contributed by atoms with van der Waals surface area (Å²) in [4.78, 5) is 0. The number of rotatable bonds is 4. The van der Waals surface area contributed by atoms with Gasteiger partial charge in [0.15, 0.2) is 0 Å². The van der Waals surface area contributed by atoms with Gasteiger partial charge in [-0.05, 0) is 43.6 Å². The smallest absolute Gasteiger partial charge is 0.218 e. The van der Waals surface area contributed by atoms with Gasteiger partial charge in [0, 0.05) is 13.1 Å². The van der Waals surface area contributed by atoms with Gasteiger partial charge in [-0.25, -0.2) is 17.1 Å². The van der Waals surface area contributed by atoms with Gasteiger partial charge >= 0.3 is 0 Å². The first-order valence-electron chi connectivity index (χ1n) is 6.50. The standard InChI is InChI=1S/C13H18ClFN2O2S.ClH/c1-17(11-4-6-16-7-5-11)20(18,19)9-10-2-3-13(15)12(14)8-10;/h2-3,8,11,16H,4-7,9H2,1H3;1H. The first-order valence-corrected chi connectivity index (χ1v) is 8.49. The second-order valence-electron chi connectivity index (χ2n) is 5.00. The predicted molar refractivity (Wildman–Crippen MR) is 84.9 cm³/mol. The maximum Gasteiger partial charge on any atom is 0.218 e. The van der Waals surface area contributed by atoms with Crippen molar-refractivity contribution in [2.75, 3.05) is 20.1 Å². The number of sulfonamides is 1. The third-order valence-electron chi connectivity index (χ3n) is 3.59. The largest absolute Gasteiger partial charge is 0.317 e. The lowest BCUT2D eigenvalue weighted by Gasteiger charge is -2.30. The Bertz CT molecular complexity index is 578. The lowest BCUT2D eigenvalue weighted by Crippen LogP contribution is -2.44. The molecular weight excluding hydrogens is 338 g/mol. The van der Waals surface area contributed by atoms with Crippen LogP contribution in [-0.4, -0.2) is 38.9 Å². The van der Waals surface area contributed by atoms with E-state index in [2.05, 4.69) is 5.32 Å². The first kappa shape index (κ1) is 18.6. The molecule has 2 rings (SSSR count). The Labute approximate surface area is 136 Å². The number of halogens is 3. The zero-order chi connectivity index (χ0) is 14.8. The molecule has 0 saturated carbocycles. The molecule has 1 aromatic rings. The molecule has 1 heterocycles. The van der Waals surface area contributed by atoms with E-state index in [-0.39, 0.29) is 29.2 Å². The van der Waals surface area contributed by atoms with Crippen molar-refractivity contribution in [1.82, 2.24) is 9.62 Å². The Morgan fingerprint density at radius 3 is 2.57 bits per heavy atom. The molecule has 1 saturated heterocycles. The van der Waals surface area contributed by atoms with Gasteiger partial charge < -0.3 is 5.32 Å². The molecule has 120 valence electrons. The summed E-state index contributed by atoms with van der Waals surface area (Å²) in [5.74, 6) is -0.701. The quantitative estimate of drug-likeness (QED) is 0.901. The third kappa shape index (κ3) is 4.79. The molecule has 8 heteroatoms. The lowest BCUT2D eigenvalue weighted by molar-refractivity contribution is 0.296. The van der Waals surface area contributed by atoms with Crippen molar-refractivity contribution in [3.63, 3.8) is 0 Å². The van der Waals surface area contributed by atoms with Crippen LogP contribution in [0.25, 0.3) is 0 Å². The number of piperidine rings is 1. The molecular formula is C13H19Cl2FN2O2S. The van der Waals surface area contributed by atoms with Crippen LogP contribution in [0.3, 0.4) is 0 Å². The van der Waals surface area contributed by atoms with E-state index in [1.807, 2.05) is 0 Å². The molecule has 4 nitrogen and oxygen atoms in total. The predicted octanol–water partition coefficient (Wildman–Crippen LogP) is 2.41. The molecule has 0 bridgehead atoms. The van der Waals surface area contributed by atoms with Crippen molar-refractivity contribution in [3.05, 3.63) is 34.6 Å². The molecule has 0 unspecified atom stereocenters. The normalized spacial score (nSPS) is 16.8. The van der Waals surface area contributed by atoms with E-state index < -0.39 is 15.8 Å². The van der Waals surface area contributed by atoms with Gasteiger partial charge in [0.2, 0.25) is 10.0 Å². The second-order valence-corrected chi connectivity index (χ2v) is 7.44. The van der Waals surface area contributed by atoms with Gasteiger partial charge in [0.25, 0.3) is 0 Å². The highest BCUT2D eigenvalue weighted by atomic mass is 35.5. The molecule has 0 aromatic heterocycles. The van der Waals surface area contributed by atoms with E-state index in [1.165, 1.54) is 22.5 Å². The minimum absolute atomic E-state index is 0. The van der Waals surface area contributed by atoms with Gasteiger partial charge in [-0.3, -0.25) is 0 Å². The number of hydrogen-bond acceptors (Lipinski definition) is 3. The molecule has 0 radical (unpaired) electrons. The van der Waals surface area contributed by atoms with Crippen LogP contribution in [0.1, 0.15) is 18.4 Å². The molecule has 0 aliphatic carbocycles. The zero-order valence-corrected chi connectivity index (χ0v) is 14.1. The molecule has 1 N–H and O–H groups in total. The van der Waals surface area contributed by atoms with Crippen molar-refractivity contribution in [2.24, 2.45) is 0 Å². The van der Waals surface area contributed by atoms with Crippen LogP contribution in [0.5, 0.6) is 0 Å². The van der Waals surface area contributed by atoms with Crippen molar-refractivity contribution in [2.45, 2.75) is 24.6 Å². The summed E-state index contributed by atoms with van der Waals surface area (Å²) in [5.41, 5.74) is 0.497. The first-order chi connectivity index (χ1) is 9.40. The summed E-state index contributed by atoms with van der Waals surface area (Å²) >= 11 is 5.68. The van der Waals surface area contributed by atoms with E-state index >= 15 is 0 Å². The maximum absolute atomic E-state index is 13.1. The van der Waals surface area contributed by atoms with Crippen LogP contribution in [0.2, 0.25) is 5.02 Å². The fourth-order valence-electron chi connectivity index (χ4n) is 2.34. The summed E-state index contributed by atoms with van der Waals surface area (Å²) in [6.07, 6.45) is 1.61. The van der Waals surface area contributed by atoms with Gasteiger partial charge in [-0.15, -0.1) is 12.4 Å². The highest BCUT2D eigenvalue weighted by Gasteiger charge is 2.27. The molecule has 0 amide bonds. The summed E-state index contributed by atoms with van der Waals surface area (Å²) in [5, 5.41) is 3.15. The van der Waals surface area contributed by atoms with E-state index in [0.717, 1.165) is 25.9 Å². The van der Waals surface area contributed by atoms with Gasteiger partial charge in [0.1, 0.15) is 5.82 Å². The van der Waals surface area contributed by atoms with Crippen LogP contribution in [-0.2, 0) is 15.8 Å². The van der Waals surface area contributed by atoms with Crippen molar-refractivity contribution in [3.8, 4) is 0 Å². The molecule has 21 heavy (non-hydrogen) atoms. The fraction of sp³-hybridized carbons (Fsp3) is 0.538. The van der Waals surface area contributed by atoms with E-state index in [1.54, 1.807) is 7.05 Å². The Morgan fingerprint density at radius 1 is 1.38 bits per heavy atom. The zero-order valence-electron chi connectivity index (χ0n) is 11.7. The number of nitrogens with one attached hydrogen (secondary N) is 1.